The summed E-state index contributed by atoms with van der Waals surface area (Å²) in [4.78, 5) is 15.0. The number of ether oxygens (including phenoxy) is 1. The van der Waals surface area contributed by atoms with Gasteiger partial charge in [0.2, 0.25) is 0 Å². The molecule has 140 valence electrons. The lowest BCUT2D eigenvalue weighted by atomic mass is 10.0. The van der Waals surface area contributed by atoms with Gasteiger partial charge in [0.25, 0.3) is 0 Å². The van der Waals surface area contributed by atoms with Crippen LogP contribution in [0.5, 0.6) is 5.75 Å². The molecule has 4 nitrogen and oxygen atoms in total. The summed E-state index contributed by atoms with van der Waals surface area (Å²) in [5.41, 5.74) is 2.13. The van der Waals surface area contributed by atoms with Gasteiger partial charge >= 0.3 is 5.97 Å². The Bertz CT molecular complexity index is 886. The highest BCUT2D eigenvalue weighted by atomic mass is 16.5. The van der Waals surface area contributed by atoms with Crippen LogP contribution in [0.15, 0.2) is 60.8 Å². The molecule has 4 heteroatoms. The molecule has 0 aliphatic carbocycles. The second-order valence-electron chi connectivity index (χ2n) is 6.68. The van der Waals surface area contributed by atoms with Crippen molar-refractivity contribution in [3.63, 3.8) is 0 Å². The molecule has 0 aliphatic heterocycles. The third kappa shape index (κ3) is 5.55. The lowest BCUT2D eigenvalue weighted by molar-refractivity contribution is -0.137. The monoisotopic (exact) mass is 363 g/mol. The van der Waals surface area contributed by atoms with E-state index < -0.39 is 5.97 Å². The number of aryl methyl sites for hydroxylation is 1. The molecule has 0 aliphatic rings. The van der Waals surface area contributed by atoms with Gasteiger partial charge in [-0.05, 0) is 42.3 Å². The zero-order valence-corrected chi connectivity index (χ0v) is 15.4. The van der Waals surface area contributed by atoms with Crippen molar-refractivity contribution in [3.05, 3.63) is 72.1 Å². The van der Waals surface area contributed by atoms with Crippen molar-refractivity contribution in [2.24, 2.45) is 0 Å². The van der Waals surface area contributed by atoms with Gasteiger partial charge in [-0.2, -0.15) is 0 Å². The predicted molar refractivity (Wildman–Crippen MR) is 107 cm³/mol. The van der Waals surface area contributed by atoms with Crippen molar-refractivity contribution in [1.82, 2.24) is 4.98 Å². The Morgan fingerprint density at radius 3 is 2.59 bits per heavy atom. The van der Waals surface area contributed by atoms with Gasteiger partial charge in [-0.3, -0.25) is 9.78 Å². The van der Waals surface area contributed by atoms with Crippen molar-refractivity contribution in [1.29, 1.82) is 0 Å². The Labute approximate surface area is 159 Å². The average Bonchev–Trinajstić information content (AvgIpc) is 2.69. The number of carbonyl (C=O) groups is 1. The number of benzene rings is 2. The van der Waals surface area contributed by atoms with Crippen LogP contribution >= 0.6 is 0 Å². The van der Waals surface area contributed by atoms with Crippen LogP contribution in [0, 0.1) is 0 Å². The first kappa shape index (κ1) is 18.9. The summed E-state index contributed by atoms with van der Waals surface area (Å²) < 4.78 is 6.10. The molecule has 0 fully saturated rings. The number of hydrogen-bond acceptors (Lipinski definition) is 3. The number of pyridine rings is 1. The molecule has 0 saturated heterocycles. The van der Waals surface area contributed by atoms with Crippen LogP contribution in [0.3, 0.4) is 0 Å². The van der Waals surface area contributed by atoms with E-state index in [1.807, 2.05) is 42.6 Å². The highest BCUT2D eigenvalue weighted by Gasteiger charge is 2.07. The van der Waals surface area contributed by atoms with Crippen LogP contribution < -0.4 is 4.74 Å². The fraction of sp³-hybridized carbons (Fsp3) is 0.304. The van der Waals surface area contributed by atoms with Crippen molar-refractivity contribution in [2.45, 2.75) is 45.1 Å². The van der Waals surface area contributed by atoms with E-state index in [4.69, 9.17) is 9.84 Å². The smallest absolute Gasteiger partial charge is 0.303 e. The number of para-hydroxylation sites is 1. The summed E-state index contributed by atoms with van der Waals surface area (Å²) in [7, 11) is 0. The second kappa shape index (κ2) is 9.72. The molecule has 27 heavy (non-hydrogen) atoms. The Balaban J connectivity index is 1.57. The molecule has 1 heterocycles. The van der Waals surface area contributed by atoms with E-state index in [1.165, 1.54) is 10.9 Å². The van der Waals surface area contributed by atoms with Gasteiger partial charge in [0.05, 0.1) is 5.69 Å². The second-order valence-corrected chi connectivity index (χ2v) is 6.68. The lowest BCUT2D eigenvalue weighted by Gasteiger charge is -2.12. The van der Waals surface area contributed by atoms with Crippen molar-refractivity contribution < 1.29 is 14.6 Å². The van der Waals surface area contributed by atoms with E-state index in [1.54, 1.807) is 0 Å². The number of aliphatic carboxylic acids is 1. The van der Waals surface area contributed by atoms with E-state index in [9.17, 15) is 4.79 Å². The largest absolute Gasteiger partial charge is 0.487 e. The zero-order valence-electron chi connectivity index (χ0n) is 15.4. The predicted octanol–water partition coefficient (Wildman–Crippen LogP) is 5.39. The molecule has 1 aromatic heterocycles. The number of nitrogens with zero attached hydrogens (tertiary/aromatic N) is 1. The van der Waals surface area contributed by atoms with Crippen molar-refractivity contribution in [3.8, 4) is 5.75 Å². The molecule has 0 unspecified atom stereocenters. The van der Waals surface area contributed by atoms with Crippen LogP contribution in [0.25, 0.3) is 10.8 Å². The van der Waals surface area contributed by atoms with Gasteiger partial charge in [0, 0.05) is 18.0 Å². The summed E-state index contributed by atoms with van der Waals surface area (Å²) in [6.07, 6.45) is 6.79. The first-order valence-corrected chi connectivity index (χ1v) is 9.49. The standard InChI is InChI=1S/C23H25NO3/c25-23(26)14-4-2-1-3-10-19-11-6-8-13-22(19)27-17-21-20-12-7-5-9-18(20)15-16-24-21/h5-9,11-13,15-16H,1-4,10,14,17H2,(H,25,26). The van der Waals surface area contributed by atoms with E-state index >= 15 is 0 Å². The molecular formula is C23H25NO3. The maximum Gasteiger partial charge on any atom is 0.303 e. The summed E-state index contributed by atoms with van der Waals surface area (Å²) in [5, 5.41) is 11.0. The van der Waals surface area contributed by atoms with Gasteiger partial charge in [0.15, 0.2) is 0 Å². The number of rotatable bonds is 10. The highest BCUT2D eigenvalue weighted by molar-refractivity contribution is 5.84. The first-order valence-electron chi connectivity index (χ1n) is 9.49. The Hall–Kier alpha value is -2.88. The topological polar surface area (TPSA) is 59.4 Å². The molecule has 0 bridgehead atoms. The normalized spacial score (nSPS) is 10.8. The Kier molecular flexibility index (Phi) is 6.80. The molecule has 3 aromatic rings. The number of carboxylic acid groups (broad SMARTS) is 1. The minimum absolute atomic E-state index is 0.262. The molecule has 0 spiro atoms. The Morgan fingerprint density at radius 1 is 0.926 bits per heavy atom. The fourth-order valence-corrected chi connectivity index (χ4v) is 3.24. The van der Waals surface area contributed by atoms with Gasteiger partial charge < -0.3 is 9.84 Å². The molecule has 2 aromatic carbocycles. The van der Waals surface area contributed by atoms with Crippen LogP contribution in [-0.2, 0) is 17.8 Å². The minimum atomic E-state index is -0.712. The Morgan fingerprint density at radius 2 is 1.70 bits per heavy atom. The molecule has 0 radical (unpaired) electrons. The van der Waals surface area contributed by atoms with Crippen molar-refractivity contribution >= 4 is 16.7 Å². The van der Waals surface area contributed by atoms with Gasteiger partial charge in [-0.1, -0.05) is 55.3 Å². The van der Waals surface area contributed by atoms with E-state index in [0.717, 1.165) is 48.9 Å². The number of fused-ring (bicyclic) bond motifs is 1. The maximum atomic E-state index is 10.5. The van der Waals surface area contributed by atoms with Gasteiger partial charge in [0.1, 0.15) is 12.4 Å². The molecule has 0 saturated carbocycles. The van der Waals surface area contributed by atoms with E-state index in [2.05, 4.69) is 23.2 Å². The summed E-state index contributed by atoms with van der Waals surface area (Å²) >= 11 is 0. The van der Waals surface area contributed by atoms with E-state index in [-0.39, 0.29) is 6.42 Å². The number of aromatic nitrogens is 1. The van der Waals surface area contributed by atoms with Gasteiger partial charge in [-0.25, -0.2) is 0 Å². The third-order valence-corrected chi connectivity index (χ3v) is 4.68. The van der Waals surface area contributed by atoms with Crippen LogP contribution in [0.1, 0.15) is 43.4 Å². The number of carboxylic acids is 1. The molecular weight excluding hydrogens is 338 g/mol. The summed E-state index contributed by atoms with van der Waals surface area (Å²) in [6.45, 7) is 0.441. The minimum Gasteiger partial charge on any atom is -0.487 e. The third-order valence-electron chi connectivity index (χ3n) is 4.68. The zero-order chi connectivity index (χ0) is 18.9. The number of hydrogen-bond donors (Lipinski definition) is 1. The average molecular weight is 363 g/mol. The maximum absolute atomic E-state index is 10.5. The van der Waals surface area contributed by atoms with Crippen LogP contribution in [-0.4, -0.2) is 16.1 Å². The summed E-state index contributed by atoms with van der Waals surface area (Å²) in [5.74, 6) is 0.188. The summed E-state index contributed by atoms with van der Waals surface area (Å²) in [6, 6.07) is 18.3. The van der Waals surface area contributed by atoms with Crippen LogP contribution in [0.4, 0.5) is 0 Å². The quantitative estimate of drug-likeness (QED) is 0.491. The van der Waals surface area contributed by atoms with Crippen molar-refractivity contribution in [2.75, 3.05) is 0 Å². The SMILES string of the molecule is O=C(O)CCCCCCc1ccccc1OCc1nccc2ccccc12. The molecule has 1 N–H and O–H groups in total. The van der Waals surface area contributed by atoms with E-state index in [0.29, 0.717) is 6.61 Å². The molecule has 3 rings (SSSR count). The molecule has 0 atom stereocenters. The lowest BCUT2D eigenvalue weighted by Crippen LogP contribution is -2.01. The van der Waals surface area contributed by atoms with Crippen LogP contribution in [0.2, 0.25) is 0 Å². The number of unbranched alkanes of at least 4 members (excludes halogenated alkanes) is 3. The fourth-order valence-electron chi connectivity index (χ4n) is 3.24. The van der Waals surface area contributed by atoms with Gasteiger partial charge in [-0.15, -0.1) is 0 Å². The molecule has 0 amide bonds. The first-order chi connectivity index (χ1) is 13.2. The highest BCUT2D eigenvalue weighted by Crippen LogP contribution is 2.23.